The predicted molar refractivity (Wildman–Crippen MR) is 77.8 cm³/mol. The average Bonchev–Trinajstić information content (AvgIpc) is 2.41. The molecule has 0 fully saturated rings. The summed E-state index contributed by atoms with van der Waals surface area (Å²) in [6.45, 7) is 0.756. The highest BCUT2D eigenvalue weighted by molar-refractivity contribution is 9.10. The molecule has 0 saturated carbocycles. The first-order chi connectivity index (χ1) is 9.10. The summed E-state index contributed by atoms with van der Waals surface area (Å²) in [5, 5.41) is 0.0968. The smallest absolute Gasteiger partial charge is 0.141 e. The Bertz CT molecular complexity index is 592. The van der Waals surface area contributed by atoms with Crippen LogP contribution in [0.3, 0.4) is 0 Å². The lowest BCUT2D eigenvalue weighted by Gasteiger charge is -2.09. The normalized spacial score (nSPS) is 10.5. The van der Waals surface area contributed by atoms with Gasteiger partial charge in [0, 0.05) is 11.0 Å². The maximum atomic E-state index is 13.0. The van der Waals surface area contributed by atoms with Gasteiger partial charge in [0.25, 0.3) is 0 Å². The number of benzene rings is 2. The number of ether oxygens (including phenoxy) is 1. The molecule has 0 atom stereocenters. The molecule has 2 aromatic rings. The van der Waals surface area contributed by atoms with Crippen molar-refractivity contribution in [2.45, 2.75) is 13.2 Å². The van der Waals surface area contributed by atoms with Crippen LogP contribution in [-0.2, 0) is 13.2 Å². The lowest BCUT2D eigenvalue weighted by atomic mass is 10.2. The lowest BCUT2D eigenvalue weighted by molar-refractivity contribution is 0.305. The summed E-state index contributed by atoms with van der Waals surface area (Å²) in [6, 6.07) is 10.1. The second-order valence-electron chi connectivity index (χ2n) is 3.99. The highest BCUT2D eigenvalue weighted by atomic mass is 79.9. The van der Waals surface area contributed by atoms with Crippen LogP contribution in [0.5, 0.6) is 5.75 Å². The zero-order valence-electron chi connectivity index (χ0n) is 10.00. The molecular weight excluding hydrogens is 333 g/mol. The molecule has 0 aromatic heterocycles. The molecule has 2 nitrogen and oxygen atoms in total. The van der Waals surface area contributed by atoms with Gasteiger partial charge in [-0.3, -0.25) is 0 Å². The first kappa shape index (κ1) is 14.3. The monoisotopic (exact) mass is 343 g/mol. The molecular formula is C14H12BrClFNO. The van der Waals surface area contributed by atoms with Crippen LogP contribution in [0.15, 0.2) is 40.9 Å². The Morgan fingerprint density at radius 1 is 1.21 bits per heavy atom. The Kier molecular flexibility index (Phi) is 4.80. The van der Waals surface area contributed by atoms with Crippen LogP contribution >= 0.6 is 27.5 Å². The van der Waals surface area contributed by atoms with Crippen molar-refractivity contribution in [2.24, 2.45) is 5.73 Å². The van der Waals surface area contributed by atoms with E-state index in [1.54, 1.807) is 12.1 Å². The van der Waals surface area contributed by atoms with Crippen molar-refractivity contribution in [3.63, 3.8) is 0 Å². The Hall–Kier alpha value is -1.10. The second-order valence-corrected chi connectivity index (χ2v) is 5.26. The van der Waals surface area contributed by atoms with E-state index >= 15 is 0 Å². The fourth-order valence-corrected chi connectivity index (χ4v) is 2.21. The highest BCUT2D eigenvalue weighted by Gasteiger charge is 2.04. The summed E-state index contributed by atoms with van der Waals surface area (Å²) in [6.07, 6.45) is 0. The van der Waals surface area contributed by atoms with Crippen LogP contribution in [-0.4, -0.2) is 0 Å². The van der Waals surface area contributed by atoms with E-state index < -0.39 is 5.82 Å². The third kappa shape index (κ3) is 3.69. The van der Waals surface area contributed by atoms with Crippen molar-refractivity contribution < 1.29 is 9.13 Å². The maximum Gasteiger partial charge on any atom is 0.141 e. The molecule has 2 rings (SSSR count). The van der Waals surface area contributed by atoms with Crippen LogP contribution in [0.1, 0.15) is 11.1 Å². The van der Waals surface area contributed by atoms with Gasteiger partial charge < -0.3 is 10.5 Å². The van der Waals surface area contributed by atoms with E-state index in [1.807, 2.05) is 18.2 Å². The Morgan fingerprint density at radius 3 is 2.68 bits per heavy atom. The SMILES string of the molecule is NCc1cc(OCc2ccc(F)c(Cl)c2)ccc1Br. The van der Waals surface area contributed by atoms with Crippen LogP contribution in [0.4, 0.5) is 4.39 Å². The van der Waals surface area contributed by atoms with Gasteiger partial charge >= 0.3 is 0 Å². The minimum Gasteiger partial charge on any atom is -0.489 e. The third-order valence-corrected chi connectivity index (χ3v) is 3.69. The Morgan fingerprint density at radius 2 is 2.00 bits per heavy atom. The predicted octanol–water partition coefficient (Wildman–Crippen LogP) is 4.28. The molecule has 0 saturated heterocycles. The summed E-state index contributed by atoms with van der Waals surface area (Å²) in [4.78, 5) is 0. The van der Waals surface area contributed by atoms with Gasteiger partial charge in [-0.05, 0) is 41.5 Å². The van der Waals surface area contributed by atoms with Gasteiger partial charge in [-0.1, -0.05) is 33.6 Å². The molecule has 19 heavy (non-hydrogen) atoms. The topological polar surface area (TPSA) is 35.2 Å². The van der Waals surface area contributed by atoms with E-state index in [4.69, 9.17) is 22.1 Å². The standard InChI is InChI=1S/C14H12BrClFNO/c15-12-3-2-11(6-10(12)7-18)19-8-9-1-4-14(17)13(16)5-9/h1-6H,7-8,18H2. The van der Waals surface area contributed by atoms with E-state index in [-0.39, 0.29) is 5.02 Å². The Labute approximate surface area is 124 Å². The zero-order valence-corrected chi connectivity index (χ0v) is 12.3. The van der Waals surface area contributed by atoms with Gasteiger partial charge in [0.2, 0.25) is 0 Å². The van der Waals surface area contributed by atoms with Crippen molar-refractivity contribution in [3.8, 4) is 5.75 Å². The molecule has 100 valence electrons. The van der Waals surface area contributed by atoms with Crippen LogP contribution in [0.25, 0.3) is 0 Å². The van der Waals surface area contributed by atoms with Gasteiger partial charge in [-0.25, -0.2) is 4.39 Å². The average molecular weight is 345 g/mol. The van der Waals surface area contributed by atoms with Crippen LogP contribution in [0, 0.1) is 5.82 Å². The van der Waals surface area contributed by atoms with E-state index in [9.17, 15) is 4.39 Å². The van der Waals surface area contributed by atoms with Crippen molar-refractivity contribution in [2.75, 3.05) is 0 Å². The van der Waals surface area contributed by atoms with Crippen molar-refractivity contribution in [3.05, 3.63) is 62.8 Å². The minimum absolute atomic E-state index is 0.0968. The van der Waals surface area contributed by atoms with Gasteiger partial charge in [0.1, 0.15) is 18.2 Å². The molecule has 0 aliphatic heterocycles. The van der Waals surface area contributed by atoms with E-state index in [0.717, 1.165) is 15.6 Å². The fraction of sp³-hybridized carbons (Fsp3) is 0.143. The molecule has 0 radical (unpaired) electrons. The second kappa shape index (κ2) is 6.37. The van der Waals surface area contributed by atoms with Gasteiger partial charge in [0.15, 0.2) is 0 Å². The van der Waals surface area contributed by atoms with Crippen molar-refractivity contribution >= 4 is 27.5 Å². The molecule has 2 aromatic carbocycles. The number of hydrogen-bond acceptors (Lipinski definition) is 2. The fourth-order valence-electron chi connectivity index (χ4n) is 1.59. The number of halogens is 3. The summed E-state index contributed by atoms with van der Waals surface area (Å²) in [5.41, 5.74) is 7.39. The van der Waals surface area contributed by atoms with E-state index in [2.05, 4.69) is 15.9 Å². The van der Waals surface area contributed by atoms with Crippen molar-refractivity contribution in [1.29, 1.82) is 0 Å². The molecule has 0 aliphatic carbocycles. The first-order valence-electron chi connectivity index (χ1n) is 5.65. The van der Waals surface area contributed by atoms with Gasteiger partial charge in [-0.15, -0.1) is 0 Å². The number of rotatable bonds is 4. The summed E-state index contributed by atoms with van der Waals surface area (Å²) in [7, 11) is 0. The molecule has 0 aliphatic rings. The summed E-state index contributed by atoms with van der Waals surface area (Å²) >= 11 is 9.12. The zero-order chi connectivity index (χ0) is 13.8. The maximum absolute atomic E-state index is 13.0. The highest BCUT2D eigenvalue weighted by Crippen LogP contribution is 2.23. The molecule has 2 N–H and O–H groups in total. The van der Waals surface area contributed by atoms with E-state index in [1.165, 1.54) is 6.07 Å². The van der Waals surface area contributed by atoms with Gasteiger partial charge in [0.05, 0.1) is 5.02 Å². The quantitative estimate of drug-likeness (QED) is 0.898. The van der Waals surface area contributed by atoms with Gasteiger partial charge in [-0.2, -0.15) is 0 Å². The van der Waals surface area contributed by atoms with Crippen molar-refractivity contribution in [1.82, 2.24) is 0 Å². The Balaban J connectivity index is 2.07. The minimum atomic E-state index is -0.431. The lowest BCUT2D eigenvalue weighted by Crippen LogP contribution is -2.00. The first-order valence-corrected chi connectivity index (χ1v) is 6.82. The molecule has 0 heterocycles. The van der Waals surface area contributed by atoms with E-state index in [0.29, 0.717) is 18.9 Å². The van der Waals surface area contributed by atoms with Crippen LogP contribution in [0.2, 0.25) is 5.02 Å². The summed E-state index contributed by atoms with van der Waals surface area (Å²) in [5.74, 6) is 0.281. The third-order valence-electron chi connectivity index (χ3n) is 2.63. The largest absolute Gasteiger partial charge is 0.489 e. The summed E-state index contributed by atoms with van der Waals surface area (Å²) < 4.78 is 19.6. The molecule has 0 bridgehead atoms. The molecule has 0 unspecified atom stereocenters. The molecule has 0 spiro atoms. The molecule has 5 heteroatoms. The number of hydrogen-bond donors (Lipinski definition) is 1. The van der Waals surface area contributed by atoms with Crippen LogP contribution < -0.4 is 10.5 Å². The number of nitrogens with two attached hydrogens (primary N) is 1. The molecule has 0 amide bonds.